The van der Waals surface area contributed by atoms with Crippen molar-refractivity contribution in [1.82, 2.24) is 14.3 Å². The molecule has 1 N–H and O–H groups in total. The fraction of sp³-hybridized carbons (Fsp3) is 0.333. The van der Waals surface area contributed by atoms with Crippen LogP contribution in [0.25, 0.3) is 11.4 Å². The molecule has 0 saturated carbocycles. The van der Waals surface area contributed by atoms with E-state index in [1.54, 1.807) is 12.1 Å². The molecule has 0 aliphatic carbocycles. The van der Waals surface area contributed by atoms with Crippen LogP contribution in [0.3, 0.4) is 0 Å². The largest absolute Gasteiger partial charge is 0.508 e. The number of hydrogen-bond acceptors (Lipinski definition) is 6. The van der Waals surface area contributed by atoms with Gasteiger partial charge in [-0.1, -0.05) is 23.7 Å². The number of halogens is 1. The Morgan fingerprint density at radius 3 is 2.39 bits per heavy atom. The maximum absolute atomic E-state index is 9.36. The number of hydrogen-bond donors (Lipinski definition) is 1. The number of aryl methyl sites for hydroxylation is 1. The van der Waals surface area contributed by atoms with Crippen molar-refractivity contribution in [3.8, 4) is 17.1 Å². The zero-order valence-corrected chi connectivity index (χ0v) is 17.2. The molecule has 1 aromatic heterocycles. The summed E-state index contributed by atoms with van der Waals surface area (Å²) in [5.74, 6) is 1.10. The number of piperazine rings is 1. The van der Waals surface area contributed by atoms with Crippen LogP contribution < -0.4 is 4.90 Å². The lowest BCUT2D eigenvalue weighted by Crippen LogP contribution is -2.46. The van der Waals surface area contributed by atoms with Crippen molar-refractivity contribution in [2.45, 2.75) is 12.8 Å². The Morgan fingerprint density at radius 2 is 1.68 bits per heavy atom. The lowest BCUT2D eigenvalue weighted by molar-refractivity contribution is 0.255. The number of phenols is 1. The van der Waals surface area contributed by atoms with Crippen LogP contribution in [-0.2, 0) is 6.42 Å². The van der Waals surface area contributed by atoms with Gasteiger partial charge in [0.05, 0.1) is 0 Å². The third kappa shape index (κ3) is 4.82. The topological polar surface area (TPSA) is 52.5 Å². The zero-order chi connectivity index (χ0) is 19.3. The first-order chi connectivity index (χ1) is 13.7. The fourth-order valence-electron chi connectivity index (χ4n) is 3.39. The van der Waals surface area contributed by atoms with Gasteiger partial charge < -0.3 is 10.0 Å². The maximum Gasteiger partial charge on any atom is 0.205 e. The number of phenolic OH excluding ortho intramolecular Hbond substituents is 1. The standard InChI is InChI=1S/C21H23ClN4OS/c22-18-7-5-17(6-8-18)20-23-21(28-24-20)26-14-12-25(13-15-26)11-1-2-16-3-9-19(27)10-4-16/h3-10,27H,1-2,11-15H2. The van der Waals surface area contributed by atoms with Gasteiger partial charge in [0.25, 0.3) is 0 Å². The molecule has 4 rings (SSSR count). The quantitative estimate of drug-likeness (QED) is 0.651. The SMILES string of the molecule is Oc1ccc(CCCN2CCN(c3nc(-c4ccc(Cl)cc4)ns3)CC2)cc1. The van der Waals surface area contributed by atoms with E-state index in [1.807, 2.05) is 36.4 Å². The van der Waals surface area contributed by atoms with Crippen LogP contribution in [0.1, 0.15) is 12.0 Å². The van der Waals surface area contributed by atoms with E-state index >= 15 is 0 Å². The predicted octanol–water partition coefficient (Wildman–Crippen LogP) is 4.32. The molecule has 3 aromatic rings. The number of nitrogens with zero attached hydrogens (tertiary/aromatic N) is 4. The molecule has 7 heteroatoms. The molecule has 0 radical (unpaired) electrons. The van der Waals surface area contributed by atoms with Gasteiger partial charge in [-0.15, -0.1) is 0 Å². The minimum absolute atomic E-state index is 0.329. The van der Waals surface area contributed by atoms with E-state index in [-0.39, 0.29) is 0 Å². The lowest BCUT2D eigenvalue weighted by atomic mass is 10.1. The van der Waals surface area contributed by atoms with E-state index in [9.17, 15) is 5.11 Å². The molecule has 1 aliphatic rings. The van der Waals surface area contributed by atoms with Crippen molar-refractivity contribution in [1.29, 1.82) is 0 Å². The molecule has 146 valence electrons. The van der Waals surface area contributed by atoms with Crippen molar-refractivity contribution in [2.24, 2.45) is 0 Å². The third-order valence-corrected chi connectivity index (χ3v) is 6.07. The number of benzene rings is 2. The molecule has 0 amide bonds. The Hall–Kier alpha value is -2.15. The molecule has 2 aromatic carbocycles. The first-order valence-corrected chi connectivity index (χ1v) is 10.7. The van der Waals surface area contributed by atoms with Crippen LogP contribution >= 0.6 is 23.1 Å². The monoisotopic (exact) mass is 414 g/mol. The Kier molecular flexibility index (Phi) is 6.10. The first-order valence-electron chi connectivity index (χ1n) is 9.52. The van der Waals surface area contributed by atoms with E-state index in [2.05, 4.69) is 14.2 Å². The van der Waals surface area contributed by atoms with Gasteiger partial charge in [-0.25, -0.2) is 0 Å². The summed E-state index contributed by atoms with van der Waals surface area (Å²) >= 11 is 7.42. The Morgan fingerprint density at radius 1 is 0.964 bits per heavy atom. The number of anilines is 1. The Balaban J connectivity index is 1.25. The normalized spacial score (nSPS) is 15.1. The summed E-state index contributed by atoms with van der Waals surface area (Å²) in [6.07, 6.45) is 2.17. The Bertz CT molecular complexity index is 890. The van der Waals surface area contributed by atoms with Gasteiger partial charge >= 0.3 is 0 Å². The van der Waals surface area contributed by atoms with Crippen molar-refractivity contribution in [3.63, 3.8) is 0 Å². The molecule has 28 heavy (non-hydrogen) atoms. The van der Waals surface area contributed by atoms with Crippen LogP contribution in [0.4, 0.5) is 5.13 Å². The van der Waals surface area contributed by atoms with Gasteiger partial charge in [0.2, 0.25) is 5.13 Å². The highest BCUT2D eigenvalue weighted by Gasteiger charge is 2.20. The van der Waals surface area contributed by atoms with Crippen LogP contribution in [0, 0.1) is 0 Å². The van der Waals surface area contributed by atoms with Crippen LogP contribution in [0.5, 0.6) is 5.75 Å². The maximum atomic E-state index is 9.36. The molecule has 1 aliphatic heterocycles. The molecule has 1 fully saturated rings. The highest BCUT2D eigenvalue weighted by molar-refractivity contribution is 7.09. The van der Waals surface area contributed by atoms with Crippen molar-refractivity contribution >= 4 is 28.3 Å². The molecule has 0 unspecified atom stereocenters. The average Bonchev–Trinajstić information content (AvgIpc) is 3.21. The van der Waals surface area contributed by atoms with Crippen LogP contribution in [0.15, 0.2) is 48.5 Å². The zero-order valence-electron chi connectivity index (χ0n) is 15.6. The van der Waals surface area contributed by atoms with E-state index in [0.717, 1.165) is 67.1 Å². The van der Waals surface area contributed by atoms with E-state index in [4.69, 9.17) is 16.6 Å². The van der Waals surface area contributed by atoms with Gasteiger partial charge in [-0.05, 0) is 61.3 Å². The van der Waals surface area contributed by atoms with Gasteiger partial charge in [0.15, 0.2) is 5.82 Å². The molecular formula is C21H23ClN4OS. The summed E-state index contributed by atoms with van der Waals surface area (Å²) in [7, 11) is 0. The lowest BCUT2D eigenvalue weighted by Gasteiger charge is -2.34. The number of rotatable bonds is 6. The van der Waals surface area contributed by atoms with Crippen molar-refractivity contribution < 1.29 is 5.11 Å². The number of aromatic nitrogens is 2. The van der Waals surface area contributed by atoms with Crippen molar-refractivity contribution in [2.75, 3.05) is 37.6 Å². The molecular weight excluding hydrogens is 392 g/mol. The van der Waals surface area contributed by atoms with Gasteiger partial charge in [0.1, 0.15) is 5.75 Å². The second kappa shape index (κ2) is 8.90. The minimum Gasteiger partial charge on any atom is -0.508 e. The molecule has 0 atom stereocenters. The summed E-state index contributed by atoms with van der Waals surface area (Å²) in [6.45, 7) is 5.15. The summed E-state index contributed by atoms with van der Waals surface area (Å²) in [5, 5.41) is 11.1. The van der Waals surface area contributed by atoms with Gasteiger partial charge in [0, 0.05) is 48.3 Å². The molecule has 0 bridgehead atoms. The van der Waals surface area contributed by atoms with Crippen LogP contribution in [-0.4, -0.2) is 52.1 Å². The van der Waals surface area contributed by atoms with Crippen LogP contribution in [0.2, 0.25) is 5.02 Å². The third-order valence-electron chi connectivity index (χ3n) is 5.04. The summed E-state index contributed by atoms with van der Waals surface area (Å²) in [4.78, 5) is 9.56. The highest BCUT2D eigenvalue weighted by Crippen LogP contribution is 2.25. The summed E-state index contributed by atoms with van der Waals surface area (Å²) < 4.78 is 4.51. The van der Waals surface area contributed by atoms with Crippen molar-refractivity contribution in [3.05, 3.63) is 59.1 Å². The number of aromatic hydroxyl groups is 1. The Labute approximate surface area is 174 Å². The van der Waals surface area contributed by atoms with E-state index in [0.29, 0.717) is 5.75 Å². The first kappa shape index (κ1) is 19.2. The molecule has 2 heterocycles. The average molecular weight is 415 g/mol. The molecule has 5 nitrogen and oxygen atoms in total. The van der Waals surface area contributed by atoms with E-state index < -0.39 is 0 Å². The van der Waals surface area contributed by atoms with E-state index in [1.165, 1.54) is 17.1 Å². The second-order valence-corrected chi connectivity index (χ2v) is 8.17. The fourth-order valence-corrected chi connectivity index (χ4v) is 4.26. The molecule has 1 saturated heterocycles. The second-order valence-electron chi connectivity index (χ2n) is 7.01. The summed E-state index contributed by atoms with van der Waals surface area (Å²) in [5.41, 5.74) is 2.28. The minimum atomic E-state index is 0.329. The highest BCUT2D eigenvalue weighted by atomic mass is 35.5. The van der Waals surface area contributed by atoms with Gasteiger partial charge in [-0.3, -0.25) is 4.90 Å². The predicted molar refractivity (Wildman–Crippen MR) is 115 cm³/mol. The molecule has 0 spiro atoms. The summed E-state index contributed by atoms with van der Waals surface area (Å²) in [6, 6.07) is 15.2. The smallest absolute Gasteiger partial charge is 0.205 e. The van der Waals surface area contributed by atoms with Gasteiger partial charge in [-0.2, -0.15) is 9.36 Å².